The second-order valence-electron chi connectivity index (χ2n) is 8.87. The van der Waals surface area contributed by atoms with Gasteiger partial charge in [-0.3, -0.25) is 9.48 Å². The number of methoxy groups -OCH3 is 1. The topological polar surface area (TPSA) is 76.4 Å². The van der Waals surface area contributed by atoms with Crippen LogP contribution in [0.1, 0.15) is 58.3 Å². The van der Waals surface area contributed by atoms with E-state index in [-0.39, 0.29) is 11.9 Å². The molecule has 0 aliphatic carbocycles. The van der Waals surface area contributed by atoms with E-state index in [0.717, 1.165) is 67.4 Å². The van der Waals surface area contributed by atoms with Gasteiger partial charge in [-0.05, 0) is 38.7 Å². The normalized spacial score (nSPS) is 17.8. The maximum Gasteiger partial charge on any atom is 0.257 e. The Hall–Kier alpha value is -3.42. The highest BCUT2D eigenvalue weighted by atomic mass is 16.5. The zero-order valence-corrected chi connectivity index (χ0v) is 19.5. The number of para-hydroxylation sites is 1. The molecule has 0 radical (unpaired) electrons. The van der Waals surface area contributed by atoms with Crippen LogP contribution in [0.2, 0.25) is 0 Å². The van der Waals surface area contributed by atoms with Crippen molar-refractivity contribution in [1.82, 2.24) is 24.6 Å². The molecule has 2 aliphatic rings. The van der Waals surface area contributed by atoms with Gasteiger partial charge in [-0.15, -0.1) is 0 Å². The Balaban J connectivity index is 1.47. The molecule has 8 heteroatoms. The highest BCUT2D eigenvalue weighted by molar-refractivity contribution is 5.94. The van der Waals surface area contributed by atoms with Gasteiger partial charge in [0.05, 0.1) is 24.9 Å². The minimum atomic E-state index is -0.114. The number of benzene rings is 1. The number of aromatic nitrogens is 4. The molecule has 4 heterocycles. The first-order valence-corrected chi connectivity index (χ1v) is 11.6. The van der Waals surface area contributed by atoms with Crippen LogP contribution in [0.4, 0.5) is 5.82 Å². The minimum absolute atomic E-state index is 0.00421. The molecule has 1 atom stereocenters. The van der Waals surface area contributed by atoms with Crippen molar-refractivity contribution in [2.24, 2.45) is 7.05 Å². The second-order valence-corrected chi connectivity index (χ2v) is 8.87. The van der Waals surface area contributed by atoms with Gasteiger partial charge in [0.1, 0.15) is 11.6 Å². The number of nitrogens with zero attached hydrogens (tertiary/aromatic N) is 6. The molecule has 0 spiro atoms. The predicted molar refractivity (Wildman–Crippen MR) is 125 cm³/mol. The van der Waals surface area contributed by atoms with Crippen LogP contribution in [-0.4, -0.2) is 50.8 Å². The van der Waals surface area contributed by atoms with Crippen LogP contribution < -0.4 is 9.64 Å². The Morgan fingerprint density at radius 2 is 2.03 bits per heavy atom. The van der Waals surface area contributed by atoms with Crippen molar-refractivity contribution in [3.63, 3.8) is 0 Å². The van der Waals surface area contributed by atoms with E-state index in [9.17, 15) is 4.79 Å². The molecule has 0 unspecified atom stereocenters. The maximum atomic E-state index is 13.2. The molecule has 1 aromatic carbocycles. The summed E-state index contributed by atoms with van der Waals surface area (Å²) in [5.41, 5.74) is 3.97. The Morgan fingerprint density at radius 3 is 2.82 bits per heavy atom. The van der Waals surface area contributed by atoms with Gasteiger partial charge in [0, 0.05) is 49.7 Å². The van der Waals surface area contributed by atoms with Gasteiger partial charge in [-0.2, -0.15) is 5.10 Å². The van der Waals surface area contributed by atoms with E-state index in [1.165, 1.54) is 5.56 Å². The summed E-state index contributed by atoms with van der Waals surface area (Å²) in [7, 11) is 3.53. The molecule has 3 aromatic rings. The molecule has 33 heavy (non-hydrogen) atoms. The molecule has 1 fully saturated rings. The van der Waals surface area contributed by atoms with Gasteiger partial charge in [0.2, 0.25) is 0 Å². The quantitative estimate of drug-likeness (QED) is 0.598. The first-order chi connectivity index (χ1) is 16.0. The Bertz CT molecular complexity index is 1170. The predicted octanol–water partition coefficient (Wildman–Crippen LogP) is 3.46. The monoisotopic (exact) mass is 446 g/mol. The van der Waals surface area contributed by atoms with Crippen LogP contribution in [0.15, 0.2) is 36.7 Å². The third-order valence-corrected chi connectivity index (χ3v) is 6.68. The van der Waals surface area contributed by atoms with Crippen LogP contribution in [0, 0.1) is 6.92 Å². The zero-order valence-electron chi connectivity index (χ0n) is 19.5. The molecule has 0 N–H and O–H groups in total. The van der Waals surface area contributed by atoms with Crippen molar-refractivity contribution < 1.29 is 9.53 Å². The molecule has 8 nitrogen and oxygen atoms in total. The van der Waals surface area contributed by atoms with Crippen LogP contribution in [0.25, 0.3) is 0 Å². The molecule has 2 aliphatic heterocycles. The summed E-state index contributed by atoms with van der Waals surface area (Å²) in [6.45, 7) is 4.45. The van der Waals surface area contributed by atoms with Crippen LogP contribution >= 0.6 is 0 Å². The van der Waals surface area contributed by atoms with Gasteiger partial charge in [0.15, 0.2) is 5.82 Å². The van der Waals surface area contributed by atoms with Gasteiger partial charge in [-0.25, -0.2) is 9.97 Å². The first kappa shape index (κ1) is 21.4. The van der Waals surface area contributed by atoms with Crippen LogP contribution in [0.5, 0.6) is 5.75 Å². The summed E-state index contributed by atoms with van der Waals surface area (Å²) in [6.07, 6.45) is 7.27. The number of likely N-dealkylation sites (tertiary alicyclic amines) is 1. The average Bonchev–Trinajstić information content (AvgIpc) is 3.49. The number of carbonyl (C=O) groups is 1. The zero-order chi connectivity index (χ0) is 22.9. The van der Waals surface area contributed by atoms with Gasteiger partial charge >= 0.3 is 0 Å². The number of carbonyl (C=O) groups excluding carboxylic acids is 1. The lowest BCUT2D eigenvalue weighted by Gasteiger charge is -2.32. The fourth-order valence-electron chi connectivity index (χ4n) is 5.03. The van der Waals surface area contributed by atoms with Crippen molar-refractivity contribution in [2.45, 2.75) is 45.2 Å². The lowest BCUT2D eigenvalue weighted by atomic mass is 10.0. The Labute approximate surface area is 194 Å². The Kier molecular flexibility index (Phi) is 5.74. The second kappa shape index (κ2) is 8.84. The summed E-state index contributed by atoms with van der Waals surface area (Å²) < 4.78 is 7.24. The van der Waals surface area contributed by atoms with E-state index in [1.54, 1.807) is 24.2 Å². The van der Waals surface area contributed by atoms with Crippen LogP contribution in [-0.2, 0) is 20.0 Å². The molecule has 1 amide bonds. The molecule has 0 saturated carbocycles. The van der Waals surface area contributed by atoms with Crippen LogP contribution in [0.3, 0.4) is 0 Å². The van der Waals surface area contributed by atoms with Gasteiger partial charge < -0.3 is 14.5 Å². The average molecular weight is 447 g/mol. The summed E-state index contributed by atoms with van der Waals surface area (Å²) >= 11 is 0. The third-order valence-electron chi connectivity index (χ3n) is 6.68. The first-order valence-electron chi connectivity index (χ1n) is 11.6. The summed E-state index contributed by atoms with van der Waals surface area (Å²) in [5, 5.41) is 4.16. The van der Waals surface area contributed by atoms with E-state index in [1.807, 2.05) is 30.1 Å². The molecule has 5 rings (SSSR count). The van der Waals surface area contributed by atoms with Crippen molar-refractivity contribution in [2.75, 3.05) is 25.1 Å². The number of amides is 1. The van der Waals surface area contributed by atoms with E-state index >= 15 is 0 Å². The number of rotatable bonds is 5. The Morgan fingerprint density at radius 1 is 1.18 bits per heavy atom. The van der Waals surface area contributed by atoms with E-state index in [2.05, 4.69) is 23.0 Å². The highest BCUT2D eigenvalue weighted by Crippen LogP contribution is 2.36. The van der Waals surface area contributed by atoms with Crippen molar-refractivity contribution in [1.29, 1.82) is 0 Å². The summed E-state index contributed by atoms with van der Waals surface area (Å²) in [5.74, 6) is 2.62. The number of anilines is 1. The smallest absolute Gasteiger partial charge is 0.257 e. The molecule has 1 saturated heterocycles. The number of ether oxygens (including phenoxy) is 1. The largest absolute Gasteiger partial charge is 0.496 e. The SMILES string of the molecule is COc1ccccc1CN1CCCc2c(C)nc([C@H]3CCCN3C(=O)c3cnn(C)c3)nc21. The lowest BCUT2D eigenvalue weighted by Crippen LogP contribution is -2.34. The number of hydrogen-bond donors (Lipinski definition) is 0. The maximum absolute atomic E-state index is 13.2. The summed E-state index contributed by atoms with van der Waals surface area (Å²) in [6, 6.07) is 8.02. The van der Waals surface area contributed by atoms with E-state index < -0.39 is 0 Å². The number of hydrogen-bond acceptors (Lipinski definition) is 6. The summed E-state index contributed by atoms with van der Waals surface area (Å²) in [4.78, 5) is 27.4. The molecular weight excluding hydrogens is 416 g/mol. The number of fused-ring (bicyclic) bond motifs is 1. The number of aryl methyl sites for hydroxylation is 2. The molecular formula is C25H30N6O2. The molecule has 0 bridgehead atoms. The van der Waals surface area contributed by atoms with Crippen molar-refractivity contribution in [3.05, 3.63) is 64.9 Å². The fraction of sp³-hybridized carbons (Fsp3) is 0.440. The lowest BCUT2D eigenvalue weighted by molar-refractivity contribution is 0.0729. The van der Waals surface area contributed by atoms with E-state index in [4.69, 9.17) is 14.7 Å². The highest BCUT2D eigenvalue weighted by Gasteiger charge is 2.34. The fourth-order valence-corrected chi connectivity index (χ4v) is 5.03. The van der Waals surface area contributed by atoms with Crippen molar-refractivity contribution >= 4 is 11.7 Å². The van der Waals surface area contributed by atoms with E-state index in [0.29, 0.717) is 12.1 Å². The van der Waals surface area contributed by atoms with Gasteiger partial charge in [-0.1, -0.05) is 18.2 Å². The third kappa shape index (κ3) is 4.05. The standard InChI is InChI=1S/C25H30N6O2/c1-17-20-9-6-12-30(16-18-8-4-5-11-22(18)33-3)24(20)28-23(27-17)21-10-7-13-31(21)25(32)19-14-26-29(2)15-19/h4-5,8,11,14-15,21H,6-7,9-10,12-13,16H2,1-3H3/t21-/m1/s1. The van der Waals surface area contributed by atoms with Gasteiger partial charge in [0.25, 0.3) is 5.91 Å². The minimum Gasteiger partial charge on any atom is -0.496 e. The molecule has 172 valence electrons. The van der Waals surface area contributed by atoms with Crippen molar-refractivity contribution in [3.8, 4) is 5.75 Å². The molecule has 2 aromatic heterocycles.